The van der Waals surface area contributed by atoms with Gasteiger partial charge in [0.1, 0.15) is 11.3 Å². The van der Waals surface area contributed by atoms with Crippen LogP contribution in [0.15, 0.2) is 77.2 Å². The van der Waals surface area contributed by atoms with E-state index in [9.17, 15) is 4.79 Å². The molecule has 0 aliphatic heterocycles. The Balaban J connectivity index is 1.29. The number of carbonyl (C=O) groups is 1. The van der Waals surface area contributed by atoms with Crippen molar-refractivity contribution in [3.8, 4) is 0 Å². The van der Waals surface area contributed by atoms with Crippen molar-refractivity contribution in [2.75, 3.05) is 0 Å². The highest BCUT2D eigenvalue weighted by Gasteiger charge is 2.16. The first-order chi connectivity index (χ1) is 15.2. The number of rotatable bonds is 6. The highest BCUT2D eigenvalue weighted by Crippen LogP contribution is 2.20. The van der Waals surface area contributed by atoms with Crippen LogP contribution in [0.4, 0.5) is 0 Å². The van der Waals surface area contributed by atoms with Gasteiger partial charge in [-0.25, -0.2) is 9.97 Å². The van der Waals surface area contributed by atoms with Crippen molar-refractivity contribution in [1.82, 2.24) is 20.3 Å². The van der Waals surface area contributed by atoms with E-state index in [4.69, 9.17) is 4.42 Å². The molecule has 0 bridgehead atoms. The second kappa shape index (κ2) is 8.07. The number of benzene rings is 3. The number of imidazole rings is 1. The number of amides is 1. The van der Waals surface area contributed by atoms with Crippen LogP contribution >= 0.6 is 0 Å². The van der Waals surface area contributed by atoms with Gasteiger partial charge in [0.05, 0.1) is 17.1 Å². The maximum atomic E-state index is 12.8. The van der Waals surface area contributed by atoms with E-state index in [0.717, 1.165) is 23.3 Å². The van der Waals surface area contributed by atoms with Crippen LogP contribution in [0.3, 0.4) is 0 Å². The van der Waals surface area contributed by atoms with Crippen molar-refractivity contribution in [3.63, 3.8) is 0 Å². The van der Waals surface area contributed by atoms with Crippen molar-refractivity contribution in [2.24, 2.45) is 0 Å². The standard InChI is InChI=1S/C25H22N4O2/c1-16(24-28-19-9-5-6-10-20(19)29-24)26-25(30)18-12-13-22-21(15-18)27-23(31-22)14-11-17-7-3-2-4-8-17/h2-10,12-13,15-16H,11,14H2,1H3,(H,26,30)(H,28,29)/t16-/m1/s1. The predicted octanol–water partition coefficient (Wildman–Crippen LogP) is 4.98. The molecular weight excluding hydrogens is 388 g/mol. The van der Waals surface area contributed by atoms with E-state index >= 15 is 0 Å². The van der Waals surface area contributed by atoms with Crippen LogP contribution in [0.1, 0.15) is 40.6 Å². The van der Waals surface area contributed by atoms with Gasteiger partial charge < -0.3 is 14.7 Å². The van der Waals surface area contributed by atoms with Crippen LogP contribution in [0, 0.1) is 0 Å². The number of carbonyl (C=O) groups excluding carboxylic acids is 1. The molecule has 0 radical (unpaired) electrons. The molecule has 154 valence electrons. The van der Waals surface area contributed by atoms with Gasteiger partial charge >= 0.3 is 0 Å². The summed E-state index contributed by atoms with van der Waals surface area (Å²) < 4.78 is 5.85. The number of aryl methyl sites for hydroxylation is 2. The summed E-state index contributed by atoms with van der Waals surface area (Å²) in [5, 5.41) is 3.00. The average Bonchev–Trinajstić information content (AvgIpc) is 3.41. The van der Waals surface area contributed by atoms with Crippen molar-refractivity contribution in [2.45, 2.75) is 25.8 Å². The molecule has 0 unspecified atom stereocenters. The molecule has 2 N–H and O–H groups in total. The zero-order valence-electron chi connectivity index (χ0n) is 17.1. The Morgan fingerprint density at radius 3 is 2.61 bits per heavy atom. The molecule has 2 heterocycles. The van der Waals surface area contributed by atoms with E-state index in [1.807, 2.05) is 49.4 Å². The monoisotopic (exact) mass is 410 g/mol. The molecule has 0 fully saturated rings. The second-order valence-corrected chi connectivity index (χ2v) is 7.61. The number of nitrogens with zero attached hydrogens (tertiary/aromatic N) is 2. The third-order valence-electron chi connectivity index (χ3n) is 5.33. The van der Waals surface area contributed by atoms with Gasteiger partial charge in [0.15, 0.2) is 11.5 Å². The first kappa shape index (κ1) is 19.1. The van der Waals surface area contributed by atoms with Gasteiger partial charge in [0.2, 0.25) is 0 Å². The average molecular weight is 410 g/mol. The fraction of sp³-hybridized carbons (Fsp3) is 0.160. The molecule has 3 aromatic carbocycles. The zero-order valence-corrected chi connectivity index (χ0v) is 17.1. The Labute approximate surface area is 179 Å². The molecule has 1 amide bonds. The summed E-state index contributed by atoms with van der Waals surface area (Å²) in [7, 11) is 0. The van der Waals surface area contributed by atoms with Gasteiger partial charge in [-0.05, 0) is 49.2 Å². The third-order valence-corrected chi connectivity index (χ3v) is 5.33. The Kier molecular flexibility index (Phi) is 4.96. The van der Waals surface area contributed by atoms with E-state index in [-0.39, 0.29) is 11.9 Å². The number of hydrogen-bond acceptors (Lipinski definition) is 4. The number of nitrogens with one attached hydrogen (secondary N) is 2. The zero-order chi connectivity index (χ0) is 21.2. The van der Waals surface area contributed by atoms with Crippen molar-refractivity contribution < 1.29 is 9.21 Å². The van der Waals surface area contributed by atoms with Crippen LogP contribution in [-0.4, -0.2) is 20.9 Å². The lowest BCUT2D eigenvalue weighted by molar-refractivity contribution is 0.0938. The number of fused-ring (bicyclic) bond motifs is 2. The second-order valence-electron chi connectivity index (χ2n) is 7.61. The van der Waals surface area contributed by atoms with Gasteiger partial charge in [-0.1, -0.05) is 42.5 Å². The lowest BCUT2D eigenvalue weighted by Crippen LogP contribution is -2.27. The Hall–Kier alpha value is -3.93. The smallest absolute Gasteiger partial charge is 0.251 e. The molecule has 2 aromatic heterocycles. The van der Waals surface area contributed by atoms with Crippen LogP contribution in [0.5, 0.6) is 0 Å². The van der Waals surface area contributed by atoms with E-state index < -0.39 is 0 Å². The molecule has 6 heteroatoms. The van der Waals surface area contributed by atoms with Crippen molar-refractivity contribution >= 4 is 28.0 Å². The summed E-state index contributed by atoms with van der Waals surface area (Å²) in [4.78, 5) is 25.2. The number of para-hydroxylation sites is 2. The minimum Gasteiger partial charge on any atom is -0.441 e. The van der Waals surface area contributed by atoms with E-state index in [0.29, 0.717) is 29.0 Å². The van der Waals surface area contributed by atoms with Crippen LogP contribution in [0.2, 0.25) is 0 Å². The molecule has 6 nitrogen and oxygen atoms in total. The molecule has 0 saturated carbocycles. The summed E-state index contributed by atoms with van der Waals surface area (Å²) in [6.45, 7) is 1.91. The van der Waals surface area contributed by atoms with Crippen LogP contribution < -0.4 is 5.32 Å². The van der Waals surface area contributed by atoms with E-state index in [2.05, 4.69) is 32.4 Å². The molecule has 5 aromatic rings. The molecule has 0 aliphatic rings. The summed E-state index contributed by atoms with van der Waals surface area (Å²) in [6, 6.07) is 23.1. The van der Waals surface area contributed by atoms with Gasteiger partial charge in [0.25, 0.3) is 5.91 Å². The number of oxazole rings is 1. The Morgan fingerprint density at radius 2 is 1.77 bits per heavy atom. The van der Waals surface area contributed by atoms with Gasteiger partial charge in [-0.2, -0.15) is 0 Å². The normalized spacial score (nSPS) is 12.3. The number of hydrogen-bond donors (Lipinski definition) is 2. The van der Waals surface area contributed by atoms with Crippen LogP contribution in [0.25, 0.3) is 22.1 Å². The minimum absolute atomic E-state index is 0.177. The topological polar surface area (TPSA) is 83.8 Å². The minimum atomic E-state index is -0.255. The highest BCUT2D eigenvalue weighted by atomic mass is 16.3. The summed E-state index contributed by atoms with van der Waals surface area (Å²) in [6.07, 6.45) is 1.57. The molecule has 5 rings (SSSR count). The summed E-state index contributed by atoms with van der Waals surface area (Å²) in [5.41, 5.74) is 4.98. The fourth-order valence-electron chi connectivity index (χ4n) is 3.65. The Morgan fingerprint density at radius 1 is 0.968 bits per heavy atom. The fourth-order valence-corrected chi connectivity index (χ4v) is 3.65. The largest absolute Gasteiger partial charge is 0.441 e. The highest BCUT2D eigenvalue weighted by molar-refractivity contribution is 5.97. The van der Waals surface area contributed by atoms with Crippen molar-refractivity contribution in [3.05, 3.63) is 95.6 Å². The summed E-state index contributed by atoms with van der Waals surface area (Å²) in [5.74, 6) is 1.22. The predicted molar refractivity (Wildman–Crippen MR) is 120 cm³/mol. The van der Waals surface area contributed by atoms with Gasteiger partial charge in [-0.15, -0.1) is 0 Å². The van der Waals surface area contributed by atoms with Gasteiger partial charge in [-0.3, -0.25) is 4.79 Å². The Bertz CT molecular complexity index is 1320. The van der Waals surface area contributed by atoms with Gasteiger partial charge in [0, 0.05) is 12.0 Å². The maximum absolute atomic E-state index is 12.8. The SMILES string of the molecule is C[C@@H](NC(=O)c1ccc2oc(CCc3ccccc3)nc2c1)c1nc2ccccc2[nH]1. The van der Waals surface area contributed by atoms with E-state index in [1.165, 1.54) is 5.56 Å². The molecule has 0 aliphatic carbocycles. The quantitative estimate of drug-likeness (QED) is 0.413. The third kappa shape index (κ3) is 4.05. The first-order valence-electron chi connectivity index (χ1n) is 10.3. The number of aromatic nitrogens is 3. The molecule has 1 atom stereocenters. The lowest BCUT2D eigenvalue weighted by Gasteiger charge is -2.11. The maximum Gasteiger partial charge on any atom is 0.251 e. The molecular formula is C25H22N4O2. The van der Waals surface area contributed by atoms with Crippen LogP contribution in [-0.2, 0) is 12.8 Å². The first-order valence-corrected chi connectivity index (χ1v) is 10.3. The summed E-state index contributed by atoms with van der Waals surface area (Å²) >= 11 is 0. The number of aromatic amines is 1. The molecule has 0 saturated heterocycles. The lowest BCUT2D eigenvalue weighted by atomic mass is 10.1. The number of H-pyrrole nitrogens is 1. The molecule has 0 spiro atoms. The van der Waals surface area contributed by atoms with Crippen molar-refractivity contribution in [1.29, 1.82) is 0 Å². The molecule has 31 heavy (non-hydrogen) atoms. The van der Waals surface area contributed by atoms with E-state index in [1.54, 1.807) is 18.2 Å².